The van der Waals surface area contributed by atoms with E-state index in [1.807, 2.05) is 20.8 Å². The van der Waals surface area contributed by atoms with E-state index in [1.165, 1.54) is 13.8 Å². The Morgan fingerprint density at radius 1 is 1.00 bits per heavy atom. The highest BCUT2D eigenvalue weighted by Crippen LogP contribution is 2.26. The molecule has 0 aromatic heterocycles. The quantitative estimate of drug-likeness (QED) is 0.672. The number of rotatable bonds is 4. The van der Waals surface area contributed by atoms with Crippen molar-refractivity contribution in [1.29, 1.82) is 0 Å². The first kappa shape index (κ1) is 13.9. The Morgan fingerprint density at radius 2 is 1.33 bits per heavy atom. The van der Waals surface area contributed by atoms with Crippen molar-refractivity contribution < 1.29 is 19.1 Å². The average molecular weight is 216 g/mol. The average Bonchev–Trinajstić information content (AvgIpc) is 2.00. The van der Waals surface area contributed by atoms with Crippen LogP contribution in [0.15, 0.2) is 0 Å². The van der Waals surface area contributed by atoms with Gasteiger partial charge in [0.05, 0.1) is 13.2 Å². The summed E-state index contributed by atoms with van der Waals surface area (Å²) in [6.45, 7) is 9.36. The molecule has 0 rings (SSSR count). The van der Waals surface area contributed by atoms with Crippen LogP contribution in [0.4, 0.5) is 0 Å². The van der Waals surface area contributed by atoms with E-state index in [9.17, 15) is 9.59 Å². The lowest BCUT2D eigenvalue weighted by Crippen LogP contribution is -2.31. The third-order valence-electron chi connectivity index (χ3n) is 2.20. The molecule has 4 heteroatoms. The molecule has 0 spiro atoms. The van der Waals surface area contributed by atoms with Crippen molar-refractivity contribution in [1.82, 2.24) is 0 Å². The molecule has 0 radical (unpaired) electrons. The van der Waals surface area contributed by atoms with Crippen molar-refractivity contribution in [3.8, 4) is 0 Å². The normalized spacial score (nSPS) is 11.3. The maximum absolute atomic E-state index is 10.7. The molecule has 0 saturated carbocycles. The number of hydrogen-bond donors (Lipinski definition) is 0. The molecule has 0 bridgehead atoms. The van der Waals surface area contributed by atoms with Gasteiger partial charge in [0.2, 0.25) is 0 Å². The number of ether oxygens (including phenoxy) is 2. The molecule has 0 fully saturated rings. The smallest absolute Gasteiger partial charge is 0.302 e. The fourth-order valence-electron chi connectivity index (χ4n) is 0.984. The molecule has 0 atom stereocenters. The van der Waals surface area contributed by atoms with E-state index in [4.69, 9.17) is 9.47 Å². The topological polar surface area (TPSA) is 52.6 Å². The van der Waals surface area contributed by atoms with Crippen LogP contribution in [0.1, 0.15) is 34.6 Å². The van der Waals surface area contributed by atoms with Crippen LogP contribution >= 0.6 is 0 Å². The van der Waals surface area contributed by atoms with Crippen molar-refractivity contribution in [2.75, 3.05) is 13.2 Å². The molecule has 88 valence electrons. The largest absolute Gasteiger partial charge is 0.465 e. The Balaban J connectivity index is 4.19. The molecule has 0 heterocycles. The lowest BCUT2D eigenvalue weighted by molar-refractivity contribution is -0.148. The molecule has 0 amide bonds. The maximum Gasteiger partial charge on any atom is 0.302 e. The van der Waals surface area contributed by atoms with Crippen LogP contribution in [0.2, 0.25) is 0 Å². The molecule has 0 saturated heterocycles. The SMILES string of the molecule is CC(=O)OCC(COC(C)=O)C(C)(C)C. The van der Waals surface area contributed by atoms with Gasteiger partial charge in [-0.15, -0.1) is 0 Å². The predicted octanol–water partition coefficient (Wildman–Crippen LogP) is 1.77. The van der Waals surface area contributed by atoms with Crippen LogP contribution in [0.3, 0.4) is 0 Å². The maximum atomic E-state index is 10.7. The molecule has 0 unspecified atom stereocenters. The summed E-state index contributed by atoms with van der Waals surface area (Å²) >= 11 is 0. The van der Waals surface area contributed by atoms with E-state index in [0.29, 0.717) is 0 Å². The first-order valence-electron chi connectivity index (χ1n) is 5.00. The summed E-state index contributed by atoms with van der Waals surface area (Å²) in [6.07, 6.45) is 0. The van der Waals surface area contributed by atoms with Gasteiger partial charge in [0.1, 0.15) is 0 Å². The molecular formula is C11H20O4. The number of hydrogen-bond acceptors (Lipinski definition) is 4. The van der Waals surface area contributed by atoms with Gasteiger partial charge in [0.25, 0.3) is 0 Å². The number of carbonyl (C=O) groups is 2. The lowest BCUT2D eigenvalue weighted by Gasteiger charge is -2.29. The Labute approximate surface area is 90.9 Å². The minimum atomic E-state index is -0.313. The standard InChI is InChI=1S/C11H20O4/c1-8(12)14-6-10(11(3,4)5)7-15-9(2)13/h10H,6-7H2,1-5H3. The lowest BCUT2D eigenvalue weighted by atomic mass is 9.82. The summed E-state index contributed by atoms with van der Waals surface area (Å²) < 4.78 is 9.87. The first-order valence-corrected chi connectivity index (χ1v) is 5.00. The van der Waals surface area contributed by atoms with E-state index in [2.05, 4.69) is 0 Å². The van der Waals surface area contributed by atoms with Gasteiger partial charge in [-0.05, 0) is 5.41 Å². The van der Waals surface area contributed by atoms with Crippen LogP contribution in [0.25, 0.3) is 0 Å². The second kappa shape index (κ2) is 5.73. The zero-order valence-corrected chi connectivity index (χ0v) is 10.1. The second-order valence-electron chi connectivity index (χ2n) is 4.67. The van der Waals surface area contributed by atoms with E-state index >= 15 is 0 Å². The van der Waals surface area contributed by atoms with Crippen LogP contribution in [-0.4, -0.2) is 25.2 Å². The summed E-state index contributed by atoms with van der Waals surface area (Å²) in [6, 6.07) is 0. The Kier molecular flexibility index (Phi) is 5.33. The van der Waals surface area contributed by atoms with E-state index in [1.54, 1.807) is 0 Å². The number of esters is 2. The first-order chi connectivity index (χ1) is 6.73. The van der Waals surface area contributed by atoms with Crippen molar-refractivity contribution in [2.45, 2.75) is 34.6 Å². The van der Waals surface area contributed by atoms with E-state index < -0.39 is 0 Å². The van der Waals surface area contributed by atoms with Gasteiger partial charge >= 0.3 is 11.9 Å². The Bertz CT molecular complexity index is 209. The molecule has 0 aliphatic heterocycles. The molecule has 15 heavy (non-hydrogen) atoms. The van der Waals surface area contributed by atoms with Gasteiger partial charge in [-0.2, -0.15) is 0 Å². The predicted molar refractivity (Wildman–Crippen MR) is 56.2 cm³/mol. The second-order valence-corrected chi connectivity index (χ2v) is 4.67. The Hall–Kier alpha value is -1.06. The number of carbonyl (C=O) groups excluding carboxylic acids is 2. The van der Waals surface area contributed by atoms with Gasteiger partial charge in [-0.3, -0.25) is 9.59 Å². The van der Waals surface area contributed by atoms with E-state index in [0.717, 1.165) is 0 Å². The summed E-state index contributed by atoms with van der Waals surface area (Å²) in [5.74, 6) is -0.607. The van der Waals surface area contributed by atoms with Crippen molar-refractivity contribution in [3.63, 3.8) is 0 Å². The molecule has 0 aliphatic carbocycles. The van der Waals surface area contributed by atoms with Gasteiger partial charge < -0.3 is 9.47 Å². The van der Waals surface area contributed by atoms with Crippen molar-refractivity contribution in [3.05, 3.63) is 0 Å². The molecular weight excluding hydrogens is 196 g/mol. The molecule has 4 nitrogen and oxygen atoms in total. The fourth-order valence-corrected chi connectivity index (χ4v) is 0.984. The van der Waals surface area contributed by atoms with Crippen LogP contribution in [0, 0.1) is 11.3 Å². The summed E-state index contributed by atoms with van der Waals surface area (Å²) in [4.78, 5) is 21.4. The minimum absolute atomic E-state index is 0.0188. The highest BCUT2D eigenvalue weighted by molar-refractivity contribution is 5.66. The van der Waals surface area contributed by atoms with Crippen LogP contribution < -0.4 is 0 Å². The van der Waals surface area contributed by atoms with Gasteiger partial charge in [0, 0.05) is 19.8 Å². The highest BCUT2D eigenvalue weighted by Gasteiger charge is 2.26. The fraction of sp³-hybridized carbons (Fsp3) is 0.818. The zero-order valence-electron chi connectivity index (χ0n) is 10.1. The minimum Gasteiger partial charge on any atom is -0.465 e. The van der Waals surface area contributed by atoms with Crippen LogP contribution in [0.5, 0.6) is 0 Å². The van der Waals surface area contributed by atoms with Gasteiger partial charge in [-0.1, -0.05) is 20.8 Å². The van der Waals surface area contributed by atoms with Crippen LogP contribution in [-0.2, 0) is 19.1 Å². The zero-order chi connectivity index (χ0) is 12.1. The van der Waals surface area contributed by atoms with E-state index in [-0.39, 0.29) is 36.5 Å². The highest BCUT2D eigenvalue weighted by atomic mass is 16.5. The van der Waals surface area contributed by atoms with Gasteiger partial charge in [-0.25, -0.2) is 0 Å². The summed E-state index contributed by atoms with van der Waals surface area (Å²) in [5, 5.41) is 0. The monoisotopic (exact) mass is 216 g/mol. The Morgan fingerprint density at radius 3 is 1.53 bits per heavy atom. The van der Waals surface area contributed by atoms with Crippen molar-refractivity contribution in [2.24, 2.45) is 11.3 Å². The molecule has 0 aliphatic rings. The summed E-state index contributed by atoms with van der Waals surface area (Å²) in [7, 11) is 0. The molecule has 0 N–H and O–H groups in total. The molecule has 0 aromatic rings. The third kappa shape index (κ3) is 6.94. The molecule has 0 aromatic carbocycles. The third-order valence-corrected chi connectivity index (χ3v) is 2.20. The summed E-state index contributed by atoms with van der Waals surface area (Å²) in [5.41, 5.74) is -0.0646. The van der Waals surface area contributed by atoms with Crippen molar-refractivity contribution >= 4 is 11.9 Å². The van der Waals surface area contributed by atoms with Gasteiger partial charge in [0.15, 0.2) is 0 Å².